The Kier molecular flexibility index (Phi) is 5.89. The first-order valence-electron chi connectivity index (χ1n) is 10.0. The molecule has 29 heavy (non-hydrogen) atoms. The number of carbonyl (C=O) groups is 1. The van der Waals surface area contributed by atoms with Crippen LogP contribution in [0, 0.1) is 12.8 Å². The largest absolute Gasteiger partial charge is 0.356 e. The molecule has 7 nitrogen and oxygen atoms in total. The van der Waals surface area contributed by atoms with Gasteiger partial charge in [0.05, 0.1) is 5.92 Å². The minimum atomic E-state index is -0.167. The van der Waals surface area contributed by atoms with Gasteiger partial charge in [-0.15, -0.1) is 5.10 Å². The van der Waals surface area contributed by atoms with Gasteiger partial charge < -0.3 is 10.2 Å². The number of rotatable bonds is 6. The molecule has 2 aromatic heterocycles. The number of aromatic nitrogens is 3. The quantitative estimate of drug-likeness (QED) is 0.630. The topological polar surface area (TPSA) is 79.6 Å². The van der Waals surface area contributed by atoms with E-state index in [2.05, 4.69) is 32.4 Å². The predicted molar refractivity (Wildman–Crippen MR) is 115 cm³/mol. The predicted octanol–water partition coefficient (Wildman–Crippen LogP) is 2.42. The number of hydrogen-bond donors (Lipinski definition) is 1. The van der Waals surface area contributed by atoms with Gasteiger partial charge in [-0.05, 0) is 38.2 Å². The zero-order valence-electron chi connectivity index (χ0n) is 16.5. The lowest BCUT2D eigenvalue weighted by atomic mass is 9.97. The molecule has 0 unspecified atom stereocenters. The molecule has 1 aliphatic rings. The molecule has 0 saturated carbocycles. The van der Waals surface area contributed by atoms with Crippen molar-refractivity contribution < 1.29 is 4.79 Å². The van der Waals surface area contributed by atoms with Crippen LogP contribution < -0.4 is 15.8 Å². The second kappa shape index (κ2) is 8.73. The molecule has 3 aromatic rings. The normalized spacial score (nSPS) is 16.9. The van der Waals surface area contributed by atoms with Crippen LogP contribution in [-0.2, 0) is 11.2 Å². The Balaban J connectivity index is 1.33. The molecule has 0 bridgehead atoms. The molecule has 0 spiro atoms. The van der Waals surface area contributed by atoms with Crippen LogP contribution in [-0.4, -0.2) is 40.1 Å². The molecule has 1 atom stereocenters. The van der Waals surface area contributed by atoms with Crippen LogP contribution in [0.25, 0.3) is 4.96 Å². The van der Waals surface area contributed by atoms with E-state index in [1.54, 1.807) is 6.92 Å². The second-order valence-corrected chi connectivity index (χ2v) is 8.41. The van der Waals surface area contributed by atoms with Crippen LogP contribution in [0.4, 0.5) is 5.13 Å². The number of piperidine rings is 1. The van der Waals surface area contributed by atoms with E-state index < -0.39 is 0 Å². The number of carbonyl (C=O) groups excluding carboxylic acids is 1. The summed E-state index contributed by atoms with van der Waals surface area (Å²) in [5.41, 5.74) is 1.82. The minimum Gasteiger partial charge on any atom is -0.356 e. The van der Waals surface area contributed by atoms with Crippen LogP contribution in [0.15, 0.2) is 41.2 Å². The highest BCUT2D eigenvalue weighted by Crippen LogP contribution is 2.27. The van der Waals surface area contributed by atoms with E-state index in [0.717, 1.165) is 37.4 Å². The number of nitrogens with zero attached hydrogens (tertiary/aromatic N) is 4. The summed E-state index contributed by atoms with van der Waals surface area (Å²) < 4.78 is 1.35. The van der Waals surface area contributed by atoms with E-state index in [0.29, 0.717) is 23.7 Å². The number of anilines is 1. The number of aryl methyl sites for hydroxylation is 2. The summed E-state index contributed by atoms with van der Waals surface area (Å²) in [4.78, 5) is 31.8. The third kappa shape index (κ3) is 4.64. The summed E-state index contributed by atoms with van der Waals surface area (Å²) in [7, 11) is 0. The summed E-state index contributed by atoms with van der Waals surface area (Å²) >= 11 is 1.40. The second-order valence-electron chi connectivity index (χ2n) is 7.48. The lowest BCUT2D eigenvalue weighted by Crippen LogP contribution is -2.43. The monoisotopic (exact) mass is 411 g/mol. The number of hydrogen-bond acceptors (Lipinski definition) is 6. The van der Waals surface area contributed by atoms with Gasteiger partial charge in [-0.1, -0.05) is 41.7 Å². The van der Waals surface area contributed by atoms with Crippen molar-refractivity contribution in [3.63, 3.8) is 0 Å². The maximum Gasteiger partial charge on any atom is 0.275 e. The fourth-order valence-electron chi connectivity index (χ4n) is 3.70. The minimum absolute atomic E-state index is 0.0566. The van der Waals surface area contributed by atoms with Crippen LogP contribution in [0.1, 0.15) is 30.5 Å². The van der Waals surface area contributed by atoms with Gasteiger partial charge in [-0.25, -0.2) is 4.98 Å². The summed E-state index contributed by atoms with van der Waals surface area (Å²) in [5, 5.41) is 8.27. The van der Waals surface area contributed by atoms with Crippen LogP contribution in [0.5, 0.6) is 0 Å². The van der Waals surface area contributed by atoms with E-state index in [1.165, 1.54) is 27.5 Å². The molecule has 1 saturated heterocycles. The lowest BCUT2D eigenvalue weighted by molar-refractivity contribution is -0.125. The van der Waals surface area contributed by atoms with Gasteiger partial charge in [-0.2, -0.15) is 4.52 Å². The maximum atomic E-state index is 12.6. The zero-order chi connectivity index (χ0) is 20.2. The standard InChI is InChI=1S/C21H25N5O2S/c1-15-13-18(27)26-20(23-15)29-21(24-26)25-12-6-10-17(14-25)19(28)22-11-5-9-16-7-3-2-4-8-16/h2-4,7-8,13,17H,5-6,9-12,14H2,1H3,(H,22,28)/t17-/m1/s1. The highest BCUT2D eigenvalue weighted by atomic mass is 32.1. The maximum absolute atomic E-state index is 12.6. The fraction of sp³-hybridized carbons (Fsp3) is 0.429. The van der Waals surface area contributed by atoms with Crippen molar-refractivity contribution in [1.29, 1.82) is 0 Å². The zero-order valence-corrected chi connectivity index (χ0v) is 17.3. The van der Waals surface area contributed by atoms with Gasteiger partial charge >= 0.3 is 0 Å². The van der Waals surface area contributed by atoms with Crippen LogP contribution >= 0.6 is 11.3 Å². The Hall–Kier alpha value is -2.74. The molecule has 0 aliphatic carbocycles. The van der Waals surface area contributed by atoms with Gasteiger partial charge in [0.2, 0.25) is 16.0 Å². The Morgan fingerprint density at radius 2 is 2.14 bits per heavy atom. The van der Waals surface area contributed by atoms with Gasteiger partial charge in [-0.3, -0.25) is 9.59 Å². The van der Waals surface area contributed by atoms with Crippen molar-refractivity contribution in [2.75, 3.05) is 24.5 Å². The van der Waals surface area contributed by atoms with E-state index in [1.807, 2.05) is 18.2 Å². The Bertz CT molecular complexity index is 1050. The number of amides is 1. The fourth-order valence-corrected chi connectivity index (χ4v) is 4.68. The SMILES string of the molecule is Cc1cc(=O)n2nc(N3CCC[C@@H](C(=O)NCCCc4ccccc4)C3)sc2n1. The molecule has 3 heterocycles. The highest BCUT2D eigenvalue weighted by molar-refractivity contribution is 7.20. The first-order valence-corrected chi connectivity index (χ1v) is 10.9. The molecule has 1 aromatic carbocycles. The Morgan fingerprint density at radius 1 is 1.31 bits per heavy atom. The highest BCUT2D eigenvalue weighted by Gasteiger charge is 2.27. The number of fused-ring (bicyclic) bond motifs is 1. The van der Waals surface area contributed by atoms with E-state index in [-0.39, 0.29) is 17.4 Å². The lowest BCUT2D eigenvalue weighted by Gasteiger charge is -2.31. The summed E-state index contributed by atoms with van der Waals surface area (Å²) in [6.07, 6.45) is 3.70. The van der Waals surface area contributed by atoms with Gasteiger partial charge in [0.15, 0.2) is 0 Å². The third-order valence-corrected chi connectivity index (χ3v) is 6.18. The first kappa shape index (κ1) is 19.6. The molecule has 1 N–H and O–H groups in total. The van der Waals surface area contributed by atoms with Crippen molar-refractivity contribution in [2.45, 2.75) is 32.6 Å². The Morgan fingerprint density at radius 3 is 2.97 bits per heavy atom. The molecule has 1 fully saturated rings. The van der Waals surface area contributed by atoms with Crippen molar-refractivity contribution in [2.24, 2.45) is 5.92 Å². The van der Waals surface area contributed by atoms with Crippen molar-refractivity contribution in [1.82, 2.24) is 19.9 Å². The molecular weight excluding hydrogens is 386 g/mol. The molecule has 4 rings (SSSR count). The van der Waals surface area contributed by atoms with E-state index >= 15 is 0 Å². The van der Waals surface area contributed by atoms with Crippen LogP contribution in [0.2, 0.25) is 0 Å². The third-order valence-electron chi connectivity index (χ3n) is 5.21. The van der Waals surface area contributed by atoms with E-state index in [4.69, 9.17) is 0 Å². The molecule has 0 radical (unpaired) electrons. The number of nitrogens with one attached hydrogen (secondary N) is 1. The molecule has 1 amide bonds. The van der Waals surface area contributed by atoms with Crippen molar-refractivity contribution >= 4 is 27.3 Å². The Labute approximate surface area is 173 Å². The van der Waals surface area contributed by atoms with Crippen LogP contribution in [0.3, 0.4) is 0 Å². The summed E-state index contributed by atoms with van der Waals surface area (Å²) in [6.45, 7) is 3.95. The molecule has 8 heteroatoms. The summed E-state index contributed by atoms with van der Waals surface area (Å²) in [5.74, 6) is 0.0499. The van der Waals surface area contributed by atoms with Crippen molar-refractivity contribution in [3.8, 4) is 0 Å². The molecule has 1 aliphatic heterocycles. The van der Waals surface area contributed by atoms with Gasteiger partial charge in [0.1, 0.15) is 0 Å². The summed E-state index contributed by atoms with van der Waals surface area (Å²) in [6, 6.07) is 11.8. The van der Waals surface area contributed by atoms with Gasteiger partial charge in [0.25, 0.3) is 5.56 Å². The van der Waals surface area contributed by atoms with Crippen molar-refractivity contribution in [3.05, 3.63) is 58.0 Å². The molecular formula is C21H25N5O2S. The molecule has 152 valence electrons. The first-order chi connectivity index (χ1) is 14.1. The average Bonchev–Trinajstić information content (AvgIpc) is 3.16. The van der Waals surface area contributed by atoms with Gasteiger partial charge in [0, 0.05) is 31.4 Å². The smallest absolute Gasteiger partial charge is 0.275 e. The number of benzene rings is 1. The van der Waals surface area contributed by atoms with E-state index in [9.17, 15) is 9.59 Å². The average molecular weight is 412 g/mol.